The summed E-state index contributed by atoms with van der Waals surface area (Å²) < 4.78 is 5.72. The van der Waals surface area contributed by atoms with Crippen molar-refractivity contribution in [3.8, 4) is 0 Å². The Balaban J connectivity index is 1.77. The molecule has 124 valence electrons. The molecule has 0 bridgehead atoms. The maximum atomic E-state index is 10.3. The molecule has 0 aliphatic carbocycles. The monoisotopic (exact) mass is 297 g/mol. The number of unbranched alkanes of at least 4 members (excludes halogenated alkanes) is 9. The van der Waals surface area contributed by atoms with E-state index in [-0.39, 0.29) is 6.42 Å². The summed E-state index contributed by atoms with van der Waals surface area (Å²) in [6.45, 7) is 2.26. The van der Waals surface area contributed by atoms with Crippen molar-refractivity contribution in [1.29, 1.82) is 0 Å². The molecule has 1 saturated heterocycles. The first kappa shape index (κ1) is 18.5. The van der Waals surface area contributed by atoms with E-state index < -0.39 is 5.97 Å². The molecular formula is C18H33O3-. The van der Waals surface area contributed by atoms with Crippen LogP contribution in [0.25, 0.3) is 0 Å². The molecule has 0 aromatic carbocycles. The fourth-order valence-electron chi connectivity index (χ4n) is 2.96. The normalized spacial score (nSPS) is 20.6. The van der Waals surface area contributed by atoms with E-state index >= 15 is 0 Å². The van der Waals surface area contributed by atoms with Crippen molar-refractivity contribution < 1.29 is 14.6 Å². The highest BCUT2D eigenvalue weighted by molar-refractivity contribution is 5.63. The predicted molar refractivity (Wildman–Crippen MR) is 84.0 cm³/mol. The number of hydrogen-bond donors (Lipinski definition) is 0. The average molecular weight is 297 g/mol. The fraction of sp³-hybridized carbons (Fsp3) is 0.944. The van der Waals surface area contributed by atoms with Crippen LogP contribution in [-0.4, -0.2) is 18.2 Å². The summed E-state index contributed by atoms with van der Waals surface area (Å²) in [6.07, 6.45) is 17.3. The van der Waals surface area contributed by atoms with E-state index in [0.717, 1.165) is 19.3 Å². The minimum atomic E-state index is -0.918. The molecule has 1 aliphatic heterocycles. The van der Waals surface area contributed by atoms with Gasteiger partial charge in [-0.1, -0.05) is 71.1 Å². The number of ether oxygens (including phenoxy) is 1. The van der Waals surface area contributed by atoms with Crippen LogP contribution >= 0.6 is 0 Å². The molecule has 2 atom stereocenters. The lowest BCUT2D eigenvalue weighted by molar-refractivity contribution is -0.305. The van der Waals surface area contributed by atoms with E-state index in [1.807, 2.05) is 0 Å². The van der Waals surface area contributed by atoms with Gasteiger partial charge in [0.25, 0.3) is 0 Å². The Kier molecular flexibility index (Phi) is 10.6. The lowest BCUT2D eigenvalue weighted by atomic mass is 10.0. The zero-order chi connectivity index (χ0) is 15.3. The van der Waals surface area contributed by atoms with Gasteiger partial charge in [0.2, 0.25) is 0 Å². The first-order chi connectivity index (χ1) is 10.2. The molecule has 0 spiro atoms. The second-order valence-corrected chi connectivity index (χ2v) is 6.45. The van der Waals surface area contributed by atoms with Gasteiger partial charge in [-0.05, 0) is 25.7 Å². The van der Waals surface area contributed by atoms with E-state index in [0.29, 0.717) is 12.2 Å². The summed E-state index contributed by atoms with van der Waals surface area (Å²) in [4.78, 5) is 10.3. The molecule has 0 aromatic heterocycles. The Morgan fingerprint density at radius 1 is 0.810 bits per heavy atom. The van der Waals surface area contributed by atoms with Crippen molar-refractivity contribution in [2.45, 2.75) is 109 Å². The van der Waals surface area contributed by atoms with Crippen molar-refractivity contribution in [2.75, 3.05) is 0 Å². The van der Waals surface area contributed by atoms with Crippen molar-refractivity contribution in [3.05, 3.63) is 0 Å². The van der Waals surface area contributed by atoms with Gasteiger partial charge in [-0.2, -0.15) is 0 Å². The van der Waals surface area contributed by atoms with Crippen molar-refractivity contribution in [2.24, 2.45) is 0 Å². The number of carboxylic acid groups (broad SMARTS) is 1. The molecule has 0 radical (unpaired) electrons. The lowest BCUT2D eigenvalue weighted by Gasteiger charge is -2.02. The van der Waals surface area contributed by atoms with Crippen molar-refractivity contribution in [3.63, 3.8) is 0 Å². The molecule has 0 amide bonds. The van der Waals surface area contributed by atoms with Crippen molar-refractivity contribution >= 4 is 5.97 Å². The first-order valence-electron chi connectivity index (χ1n) is 9.09. The van der Waals surface area contributed by atoms with Crippen LogP contribution in [0.3, 0.4) is 0 Å². The van der Waals surface area contributed by atoms with E-state index in [9.17, 15) is 9.90 Å². The van der Waals surface area contributed by atoms with Crippen molar-refractivity contribution in [1.82, 2.24) is 0 Å². The third-order valence-corrected chi connectivity index (χ3v) is 4.40. The predicted octanol–water partition coefficient (Wildman–Crippen LogP) is 3.99. The van der Waals surface area contributed by atoms with Gasteiger partial charge in [0, 0.05) is 5.97 Å². The molecule has 1 heterocycles. The Hall–Kier alpha value is -0.570. The summed E-state index contributed by atoms with van der Waals surface area (Å²) in [5, 5.41) is 10.3. The van der Waals surface area contributed by atoms with Crippen LogP contribution in [0.1, 0.15) is 96.8 Å². The molecule has 2 unspecified atom stereocenters. The third kappa shape index (κ3) is 10.8. The van der Waals surface area contributed by atoms with Crippen LogP contribution < -0.4 is 5.11 Å². The zero-order valence-corrected chi connectivity index (χ0v) is 13.8. The van der Waals surface area contributed by atoms with Gasteiger partial charge in [0.1, 0.15) is 0 Å². The van der Waals surface area contributed by atoms with Gasteiger partial charge in [-0.25, -0.2) is 0 Å². The molecule has 0 saturated carbocycles. The van der Waals surface area contributed by atoms with Gasteiger partial charge in [0.15, 0.2) is 0 Å². The highest BCUT2D eigenvalue weighted by Crippen LogP contribution is 2.31. The molecule has 3 heteroatoms. The number of hydrogen-bond acceptors (Lipinski definition) is 3. The van der Waals surface area contributed by atoms with Gasteiger partial charge >= 0.3 is 0 Å². The Morgan fingerprint density at radius 3 is 1.81 bits per heavy atom. The highest BCUT2D eigenvalue weighted by Gasteiger charge is 2.36. The van der Waals surface area contributed by atoms with Gasteiger partial charge in [0.05, 0.1) is 12.2 Å². The molecule has 0 aromatic rings. The number of carbonyl (C=O) groups excluding carboxylic acids is 1. The van der Waals surface area contributed by atoms with Gasteiger partial charge in [-0.15, -0.1) is 0 Å². The molecule has 3 nitrogen and oxygen atoms in total. The Morgan fingerprint density at radius 2 is 1.29 bits per heavy atom. The molecule has 1 fully saturated rings. The summed E-state index contributed by atoms with van der Waals surface area (Å²) >= 11 is 0. The average Bonchev–Trinajstić information content (AvgIpc) is 3.20. The molecular weight excluding hydrogens is 264 g/mol. The maximum absolute atomic E-state index is 10.3. The topological polar surface area (TPSA) is 52.7 Å². The van der Waals surface area contributed by atoms with Crippen LogP contribution in [0.4, 0.5) is 0 Å². The molecule has 0 N–H and O–H groups in total. The lowest BCUT2D eigenvalue weighted by Crippen LogP contribution is -2.21. The van der Waals surface area contributed by atoms with E-state index in [2.05, 4.69) is 6.92 Å². The summed E-state index contributed by atoms with van der Waals surface area (Å²) in [5.41, 5.74) is 0. The summed E-state index contributed by atoms with van der Waals surface area (Å²) in [7, 11) is 0. The second kappa shape index (κ2) is 12.0. The largest absolute Gasteiger partial charge is 0.550 e. The zero-order valence-electron chi connectivity index (χ0n) is 13.8. The van der Waals surface area contributed by atoms with E-state index in [1.54, 1.807) is 0 Å². The second-order valence-electron chi connectivity index (χ2n) is 6.45. The van der Waals surface area contributed by atoms with Gasteiger partial charge < -0.3 is 14.6 Å². The van der Waals surface area contributed by atoms with Crippen LogP contribution in [-0.2, 0) is 9.53 Å². The Bertz CT molecular complexity index is 265. The van der Waals surface area contributed by atoms with E-state index in [1.165, 1.54) is 64.2 Å². The van der Waals surface area contributed by atoms with Crippen LogP contribution in [0.15, 0.2) is 0 Å². The number of epoxide rings is 1. The first-order valence-corrected chi connectivity index (χ1v) is 9.09. The Labute approximate surface area is 130 Å². The molecule has 1 rings (SSSR count). The van der Waals surface area contributed by atoms with Crippen LogP contribution in [0, 0.1) is 0 Å². The van der Waals surface area contributed by atoms with Crippen LogP contribution in [0.5, 0.6) is 0 Å². The fourth-order valence-corrected chi connectivity index (χ4v) is 2.96. The quantitative estimate of drug-likeness (QED) is 0.339. The minimum Gasteiger partial charge on any atom is -0.550 e. The van der Waals surface area contributed by atoms with Gasteiger partial charge in [-0.3, -0.25) is 0 Å². The minimum absolute atomic E-state index is 0.214. The molecule has 1 aliphatic rings. The number of aliphatic carboxylic acids is 1. The standard InChI is InChI=1S/C18H34O3/c1-2-3-4-5-7-10-13-16-17(21-16)14-11-8-6-9-12-15-18(19)20/h16-17H,2-15H2,1H3,(H,19,20)/p-1. The SMILES string of the molecule is CCCCCCCCC1OC1CCCCCCCC(=O)[O-]. The number of carbonyl (C=O) groups is 1. The molecule has 21 heavy (non-hydrogen) atoms. The van der Waals surface area contributed by atoms with Crippen LogP contribution in [0.2, 0.25) is 0 Å². The number of carboxylic acids is 1. The maximum Gasteiger partial charge on any atom is 0.0841 e. The summed E-state index contributed by atoms with van der Waals surface area (Å²) in [6, 6.07) is 0. The summed E-state index contributed by atoms with van der Waals surface area (Å²) in [5.74, 6) is -0.918. The van der Waals surface area contributed by atoms with E-state index in [4.69, 9.17) is 4.74 Å². The number of rotatable bonds is 15. The smallest absolute Gasteiger partial charge is 0.0841 e. The highest BCUT2D eigenvalue weighted by atomic mass is 16.6. The third-order valence-electron chi connectivity index (χ3n) is 4.40.